The number of piperazine rings is 1. The largest absolute Gasteiger partial charge is 0.342 e. The number of aromatic nitrogens is 2. The number of nitrogens with one attached hydrogen (secondary N) is 1. The zero-order valence-electron chi connectivity index (χ0n) is 16.0. The Hall–Kier alpha value is -1.43. The fourth-order valence-electron chi connectivity index (χ4n) is 4.61. The van der Waals surface area contributed by atoms with Crippen molar-refractivity contribution in [2.45, 2.75) is 52.4 Å². The first-order valence-corrected chi connectivity index (χ1v) is 9.67. The Morgan fingerprint density at radius 1 is 1.16 bits per heavy atom. The number of hydrogen-bond donors (Lipinski definition) is 1. The van der Waals surface area contributed by atoms with Crippen molar-refractivity contribution >= 4 is 11.0 Å². The molecule has 5 heteroatoms. The second kappa shape index (κ2) is 6.71. The molecule has 0 aromatic carbocycles. The number of hydrogen-bond acceptors (Lipinski definition) is 4. The molecule has 0 saturated carbocycles. The van der Waals surface area contributed by atoms with Gasteiger partial charge in [-0.3, -0.25) is 9.88 Å². The summed E-state index contributed by atoms with van der Waals surface area (Å²) in [4.78, 5) is 9.97. The fraction of sp³-hybridized carbons (Fsp3) is 0.650. The highest BCUT2D eigenvalue weighted by Gasteiger charge is 2.26. The van der Waals surface area contributed by atoms with Gasteiger partial charge < -0.3 is 14.8 Å². The van der Waals surface area contributed by atoms with Crippen molar-refractivity contribution in [1.29, 1.82) is 0 Å². The molecule has 4 rings (SSSR count). The maximum absolute atomic E-state index is 4.90. The summed E-state index contributed by atoms with van der Waals surface area (Å²) in [5.74, 6) is 0. The van der Waals surface area contributed by atoms with Gasteiger partial charge in [0.15, 0.2) is 0 Å². The van der Waals surface area contributed by atoms with Crippen LogP contribution in [0.2, 0.25) is 0 Å². The lowest BCUT2D eigenvalue weighted by Crippen LogP contribution is -2.55. The molecule has 0 aliphatic carbocycles. The van der Waals surface area contributed by atoms with Crippen LogP contribution in [0.5, 0.6) is 0 Å². The smallest absolute Gasteiger partial charge is 0.0932 e. The first kappa shape index (κ1) is 17.0. The molecule has 5 nitrogen and oxygen atoms in total. The molecule has 2 aliphatic heterocycles. The van der Waals surface area contributed by atoms with Gasteiger partial charge >= 0.3 is 0 Å². The average molecular weight is 342 g/mol. The first-order chi connectivity index (χ1) is 12.0. The molecule has 0 amide bonds. The molecule has 1 N–H and O–H groups in total. The van der Waals surface area contributed by atoms with E-state index in [4.69, 9.17) is 4.98 Å². The van der Waals surface area contributed by atoms with Crippen LogP contribution in [0, 0.1) is 6.92 Å². The van der Waals surface area contributed by atoms with E-state index in [1.165, 1.54) is 22.3 Å². The lowest BCUT2D eigenvalue weighted by atomic mass is 10.1. The van der Waals surface area contributed by atoms with Gasteiger partial charge in [-0.15, -0.1) is 0 Å². The summed E-state index contributed by atoms with van der Waals surface area (Å²) in [6.07, 6.45) is 1.13. The lowest BCUT2D eigenvalue weighted by molar-refractivity contribution is 0.112. The monoisotopic (exact) mass is 341 g/mol. The standard InChI is InChI=1S/C20H31N5/c1-14-5-6-19-20(22-14)17-13-23(4)8-7-18(17)25(19)10-9-24-15(2)11-21-12-16(24)3/h5-6,15-16,21H,7-13H2,1-4H3/t15-,16+. The highest BCUT2D eigenvalue weighted by Crippen LogP contribution is 2.29. The summed E-state index contributed by atoms with van der Waals surface area (Å²) in [5.41, 5.74) is 6.63. The Balaban J connectivity index is 1.67. The van der Waals surface area contributed by atoms with Crippen LogP contribution in [0.15, 0.2) is 12.1 Å². The first-order valence-electron chi connectivity index (χ1n) is 9.67. The second-order valence-electron chi connectivity index (χ2n) is 7.98. The van der Waals surface area contributed by atoms with Crippen molar-refractivity contribution in [3.63, 3.8) is 0 Å². The third-order valence-electron chi connectivity index (χ3n) is 6.02. The van der Waals surface area contributed by atoms with Crippen LogP contribution in [-0.2, 0) is 19.5 Å². The van der Waals surface area contributed by atoms with Crippen LogP contribution >= 0.6 is 0 Å². The van der Waals surface area contributed by atoms with Gasteiger partial charge in [0.1, 0.15) is 0 Å². The summed E-state index contributed by atoms with van der Waals surface area (Å²) in [7, 11) is 2.21. The Kier molecular flexibility index (Phi) is 4.56. The average Bonchev–Trinajstić information content (AvgIpc) is 2.87. The lowest BCUT2D eigenvalue weighted by Gasteiger charge is -2.39. The molecule has 1 saturated heterocycles. The zero-order valence-corrected chi connectivity index (χ0v) is 16.0. The minimum absolute atomic E-state index is 0.605. The number of pyridine rings is 1. The van der Waals surface area contributed by atoms with E-state index in [-0.39, 0.29) is 0 Å². The van der Waals surface area contributed by atoms with Gasteiger partial charge in [0.05, 0.1) is 11.0 Å². The number of likely N-dealkylation sites (N-methyl/N-ethyl adjacent to an activating group) is 1. The molecule has 0 unspecified atom stereocenters. The molecule has 25 heavy (non-hydrogen) atoms. The summed E-state index contributed by atoms with van der Waals surface area (Å²) < 4.78 is 2.56. The van der Waals surface area contributed by atoms with Gasteiger partial charge in [-0.2, -0.15) is 0 Å². The minimum atomic E-state index is 0.605. The maximum Gasteiger partial charge on any atom is 0.0932 e. The quantitative estimate of drug-likeness (QED) is 0.927. The van der Waals surface area contributed by atoms with Gasteiger partial charge in [0, 0.05) is 74.7 Å². The summed E-state index contributed by atoms with van der Waals surface area (Å²) in [5, 5.41) is 3.53. The van der Waals surface area contributed by atoms with E-state index < -0.39 is 0 Å². The molecular formula is C20H31N5. The molecule has 0 bridgehead atoms. The topological polar surface area (TPSA) is 36.3 Å². The molecule has 136 valence electrons. The number of rotatable bonds is 3. The van der Waals surface area contributed by atoms with Crippen LogP contribution in [-0.4, -0.2) is 64.7 Å². The molecule has 2 aromatic heterocycles. The van der Waals surface area contributed by atoms with Crippen molar-refractivity contribution < 1.29 is 0 Å². The van der Waals surface area contributed by atoms with Crippen LogP contribution in [0.3, 0.4) is 0 Å². The normalized spacial score (nSPS) is 25.4. The van der Waals surface area contributed by atoms with E-state index in [1.54, 1.807) is 0 Å². The number of nitrogens with zero attached hydrogens (tertiary/aromatic N) is 4. The Morgan fingerprint density at radius 2 is 1.92 bits per heavy atom. The van der Waals surface area contributed by atoms with E-state index in [9.17, 15) is 0 Å². The van der Waals surface area contributed by atoms with Crippen LogP contribution in [0.4, 0.5) is 0 Å². The summed E-state index contributed by atoms with van der Waals surface area (Å²) in [6.45, 7) is 13.3. The maximum atomic E-state index is 4.90. The molecule has 2 aromatic rings. The third kappa shape index (κ3) is 3.09. The Morgan fingerprint density at radius 3 is 2.68 bits per heavy atom. The van der Waals surface area contributed by atoms with Gasteiger partial charge in [-0.1, -0.05) is 0 Å². The van der Waals surface area contributed by atoms with Gasteiger partial charge in [-0.05, 0) is 40.0 Å². The second-order valence-corrected chi connectivity index (χ2v) is 7.98. The fourth-order valence-corrected chi connectivity index (χ4v) is 4.61. The Labute approximate surface area is 151 Å². The van der Waals surface area contributed by atoms with Gasteiger partial charge in [0.2, 0.25) is 0 Å². The van der Waals surface area contributed by atoms with Crippen molar-refractivity contribution in [2.75, 3.05) is 33.2 Å². The zero-order chi connectivity index (χ0) is 17.6. The Bertz CT molecular complexity index is 755. The van der Waals surface area contributed by atoms with Crippen molar-refractivity contribution in [2.24, 2.45) is 0 Å². The van der Waals surface area contributed by atoms with Crippen molar-refractivity contribution in [3.8, 4) is 0 Å². The predicted octanol–water partition coefficient (Wildman–Crippen LogP) is 2.01. The highest BCUT2D eigenvalue weighted by atomic mass is 15.3. The molecule has 0 radical (unpaired) electrons. The van der Waals surface area contributed by atoms with Gasteiger partial charge in [-0.25, -0.2) is 0 Å². The molecule has 0 spiro atoms. The van der Waals surface area contributed by atoms with E-state index in [0.29, 0.717) is 12.1 Å². The molecular weight excluding hydrogens is 310 g/mol. The molecule has 2 aliphatic rings. The van der Waals surface area contributed by atoms with E-state index in [2.05, 4.69) is 59.6 Å². The summed E-state index contributed by atoms with van der Waals surface area (Å²) >= 11 is 0. The molecule has 4 heterocycles. The van der Waals surface area contributed by atoms with Crippen LogP contribution in [0.25, 0.3) is 11.0 Å². The van der Waals surface area contributed by atoms with E-state index >= 15 is 0 Å². The van der Waals surface area contributed by atoms with Gasteiger partial charge in [0.25, 0.3) is 0 Å². The predicted molar refractivity (Wildman–Crippen MR) is 103 cm³/mol. The van der Waals surface area contributed by atoms with Crippen molar-refractivity contribution in [1.82, 2.24) is 24.7 Å². The van der Waals surface area contributed by atoms with E-state index in [0.717, 1.165) is 51.4 Å². The van der Waals surface area contributed by atoms with Crippen molar-refractivity contribution in [3.05, 3.63) is 29.1 Å². The molecule has 2 atom stereocenters. The highest BCUT2D eigenvalue weighted by molar-refractivity contribution is 5.82. The van der Waals surface area contributed by atoms with Crippen LogP contribution in [0.1, 0.15) is 30.8 Å². The number of aryl methyl sites for hydroxylation is 1. The SMILES string of the molecule is Cc1ccc2c(n1)c1c(n2CCN2[C@H](C)CNC[C@@H]2C)CCN(C)C1. The van der Waals surface area contributed by atoms with Crippen LogP contribution < -0.4 is 5.32 Å². The third-order valence-corrected chi connectivity index (χ3v) is 6.02. The minimum Gasteiger partial charge on any atom is -0.342 e. The summed E-state index contributed by atoms with van der Waals surface area (Å²) in [6, 6.07) is 5.64. The molecule has 1 fully saturated rings. The number of fused-ring (bicyclic) bond motifs is 3. The van der Waals surface area contributed by atoms with E-state index in [1.807, 2.05) is 0 Å².